The molecule has 13 heavy (non-hydrogen) atoms. The van der Waals surface area contributed by atoms with E-state index in [4.69, 9.17) is 5.26 Å². The van der Waals surface area contributed by atoms with Crippen LogP contribution in [0.1, 0.15) is 20.3 Å². The maximum Gasteiger partial charge on any atom is 0.283 e. The van der Waals surface area contributed by atoms with Crippen molar-refractivity contribution in [3.05, 3.63) is 0 Å². The van der Waals surface area contributed by atoms with Crippen molar-refractivity contribution in [2.24, 2.45) is 0 Å². The topological polar surface area (TPSA) is 61.2 Å². The third-order valence-electron chi connectivity index (χ3n) is 1.29. The van der Waals surface area contributed by atoms with Crippen LogP contribution in [0.2, 0.25) is 0 Å². The Balaban J connectivity index is 4.71. The highest BCUT2D eigenvalue weighted by Crippen LogP contribution is 2.00. The number of sulfonamides is 1. The molecule has 0 heterocycles. The van der Waals surface area contributed by atoms with Crippen molar-refractivity contribution >= 4 is 10.0 Å². The van der Waals surface area contributed by atoms with Gasteiger partial charge in [-0.2, -0.15) is 18.0 Å². The smallest absolute Gasteiger partial charge is 0.198 e. The highest BCUT2D eigenvalue weighted by Gasteiger charge is 2.17. The van der Waals surface area contributed by atoms with Crippen molar-refractivity contribution in [2.45, 2.75) is 20.3 Å². The van der Waals surface area contributed by atoms with Crippen LogP contribution in [0.4, 0.5) is 0 Å². The highest BCUT2D eigenvalue weighted by atomic mass is 32.2. The lowest BCUT2D eigenvalue weighted by Gasteiger charge is -2.13. The molecular formula is C8H12N2O2S. The molecule has 4 nitrogen and oxygen atoms in total. The van der Waals surface area contributed by atoms with E-state index in [1.165, 1.54) is 6.92 Å². The second-order valence-corrected chi connectivity index (χ2v) is 4.02. The first-order valence-corrected chi connectivity index (χ1v) is 5.33. The lowest BCUT2D eigenvalue weighted by Crippen LogP contribution is -2.30. The minimum absolute atomic E-state index is 0.134. The minimum atomic E-state index is -3.55. The molecule has 0 fully saturated rings. The van der Waals surface area contributed by atoms with Crippen LogP contribution >= 0.6 is 0 Å². The molecule has 0 N–H and O–H groups in total. The van der Waals surface area contributed by atoms with Crippen LogP contribution in [0, 0.1) is 22.5 Å². The van der Waals surface area contributed by atoms with Crippen molar-refractivity contribution in [1.82, 2.24) is 4.31 Å². The van der Waals surface area contributed by atoms with Crippen LogP contribution in [0.5, 0.6) is 0 Å². The molecule has 0 atom stereocenters. The normalized spacial score (nSPS) is 10.3. The average Bonchev–Trinajstić information content (AvgIpc) is 2.04. The van der Waals surface area contributed by atoms with Gasteiger partial charge in [-0.3, -0.25) is 0 Å². The molecule has 0 saturated carbocycles. The molecule has 5 heteroatoms. The first-order chi connectivity index (χ1) is 6.08. The van der Waals surface area contributed by atoms with E-state index in [1.807, 2.05) is 6.92 Å². The van der Waals surface area contributed by atoms with Crippen molar-refractivity contribution in [2.75, 3.05) is 13.1 Å². The summed E-state index contributed by atoms with van der Waals surface area (Å²) in [6, 6.07) is 1.80. The third-order valence-corrected chi connectivity index (χ3v) is 2.74. The first-order valence-electron chi connectivity index (χ1n) is 3.89. The van der Waals surface area contributed by atoms with Crippen LogP contribution in [0.15, 0.2) is 0 Å². The summed E-state index contributed by atoms with van der Waals surface area (Å²) in [5.41, 5.74) is 0. The minimum Gasteiger partial charge on any atom is -0.198 e. The lowest BCUT2D eigenvalue weighted by atomic mass is 10.5. The Morgan fingerprint density at radius 2 is 2.08 bits per heavy atom. The van der Waals surface area contributed by atoms with E-state index in [-0.39, 0.29) is 6.54 Å². The van der Waals surface area contributed by atoms with Crippen LogP contribution in [-0.4, -0.2) is 25.8 Å². The van der Waals surface area contributed by atoms with E-state index in [9.17, 15) is 8.42 Å². The van der Waals surface area contributed by atoms with E-state index in [1.54, 1.807) is 6.07 Å². The number of hydrogen-bond donors (Lipinski definition) is 0. The number of nitrogens with zero attached hydrogens (tertiary/aromatic N) is 2. The fourth-order valence-corrected chi connectivity index (χ4v) is 1.84. The number of rotatable bonds is 4. The Bertz CT molecular complexity index is 343. The van der Waals surface area contributed by atoms with Gasteiger partial charge in [0, 0.05) is 11.8 Å². The molecule has 0 spiro atoms. The summed E-state index contributed by atoms with van der Waals surface area (Å²) in [5, 5.41) is 10.5. The molecule has 0 radical (unpaired) electrons. The molecule has 0 aliphatic heterocycles. The summed E-state index contributed by atoms with van der Waals surface area (Å²) in [5.74, 6) is 2.32. The van der Waals surface area contributed by atoms with Crippen molar-refractivity contribution in [3.63, 3.8) is 0 Å². The van der Waals surface area contributed by atoms with Gasteiger partial charge in [0.1, 0.15) is 6.54 Å². The van der Waals surface area contributed by atoms with Gasteiger partial charge in [-0.1, -0.05) is 12.8 Å². The summed E-state index contributed by atoms with van der Waals surface area (Å²) >= 11 is 0. The quantitative estimate of drug-likeness (QED) is 0.491. The van der Waals surface area contributed by atoms with Gasteiger partial charge in [-0.05, 0) is 13.3 Å². The molecule has 0 amide bonds. The SMILES string of the molecule is CC#CS(=O)(=O)N(CC#N)CCC. The average molecular weight is 200 g/mol. The molecule has 0 aromatic heterocycles. The molecule has 0 rings (SSSR count). The summed E-state index contributed by atoms with van der Waals surface area (Å²) < 4.78 is 23.7. The van der Waals surface area contributed by atoms with Crippen molar-refractivity contribution in [1.29, 1.82) is 5.26 Å². The molecule has 0 aromatic carbocycles. The number of nitriles is 1. The van der Waals surface area contributed by atoms with Gasteiger partial charge in [0.05, 0.1) is 6.07 Å². The van der Waals surface area contributed by atoms with Gasteiger partial charge in [-0.15, -0.1) is 0 Å². The zero-order valence-corrected chi connectivity index (χ0v) is 8.56. The van der Waals surface area contributed by atoms with E-state index in [2.05, 4.69) is 11.2 Å². The summed E-state index contributed by atoms with van der Waals surface area (Å²) in [6.45, 7) is 3.50. The molecule has 0 saturated heterocycles. The second-order valence-electron chi connectivity index (χ2n) is 2.35. The monoisotopic (exact) mass is 200 g/mol. The maximum atomic E-state index is 11.3. The second kappa shape index (κ2) is 5.58. The first kappa shape index (κ1) is 12.0. The summed E-state index contributed by atoms with van der Waals surface area (Å²) in [4.78, 5) is 0. The van der Waals surface area contributed by atoms with Crippen LogP contribution in [-0.2, 0) is 10.0 Å². The lowest BCUT2D eigenvalue weighted by molar-refractivity contribution is 0.453. The zero-order chi connectivity index (χ0) is 10.3. The fourth-order valence-electron chi connectivity index (χ4n) is 0.806. The largest absolute Gasteiger partial charge is 0.283 e. The predicted octanol–water partition coefficient (Wildman–Crippen LogP) is 0.533. The Morgan fingerprint density at radius 3 is 2.46 bits per heavy atom. The standard InChI is InChI=1S/C8H12N2O2S/c1-3-6-10(7-5-9)13(11,12)8-4-2/h3,6-7H2,1-2H3. The molecule has 0 aliphatic carbocycles. The number of hydrogen-bond acceptors (Lipinski definition) is 3. The van der Waals surface area contributed by atoms with Gasteiger partial charge < -0.3 is 0 Å². The van der Waals surface area contributed by atoms with Crippen molar-refractivity contribution < 1.29 is 8.42 Å². The van der Waals surface area contributed by atoms with Crippen LogP contribution < -0.4 is 0 Å². The van der Waals surface area contributed by atoms with E-state index in [0.717, 1.165) is 4.31 Å². The van der Waals surface area contributed by atoms with Crippen LogP contribution in [0.25, 0.3) is 0 Å². The Hall–Kier alpha value is -1.04. The summed E-state index contributed by atoms with van der Waals surface area (Å²) in [6.07, 6.45) is 0.673. The van der Waals surface area contributed by atoms with E-state index in [0.29, 0.717) is 13.0 Å². The maximum absolute atomic E-state index is 11.3. The molecular weight excluding hydrogens is 188 g/mol. The molecule has 0 aromatic rings. The summed E-state index contributed by atoms with van der Waals surface area (Å²) in [7, 11) is -3.55. The van der Waals surface area contributed by atoms with Gasteiger partial charge in [0.2, 0.25) is 0 Å². The Kier molecular flexibility index (Phi) is 5.13. The highest BCUT2D eigenvalue weighted by molar-refractivity contribution is 7.93. The third kappa shape index (κ3) is 3.93. The van der Waals surface area contributed by atoms with Gasteiger partial charge in [0.25, 0.3) is 10.0 Å². The van der Waals surface area contributed by atoms with E-state index >= 15 is 0 Å². The molecule has 0 bridgehead atoms. The van der Waals surface area contributed by atoms with Gasteiger partial charge >= 0.3 is 0 Å². The Morgan fingerprint density at radius 1 is 1.46 bits per heavy atom. The zero-order valence-electron chi connectivity index (χ0n) is 7.74. The molecule has 0 aliphatic rings. The fraction of sp³-hybridized carbons (Fsp3) is 0.625. The van der Waals surface area contributed by atoms with Gasteiger partial charge in [0.15, 0.2) is 0 Å². The molecule has 0 unspecified atom stereocenters. The predicted molar refractivity (Wildman–Crippen MR) is 49.8 cm³/mol. The Labute approximate surface area is 79.2 Å². The van der Waals surface area contributed by atoms with Crippen molar-refractivity contribution in [3.8, 4) is 17.2 Å². The van der Waals surface area contributed by atoms with Gasteiger partial charge in [-0.25, -0.2) is 0 Å². The van der Waals surface area contributed by atoms with E-state index < -0.39 is 10.0 Å². The molecule has 72 valence electrons. The van der Waals surface area contributed by atoms with Crippen LogP contribution in [0.3, 0.4) is 0 Å².